The number of hydrogen-bond acceptors (Lipinski definition) is 3. The van der Waals surface area contributed by atoms with Crippen LogP contribution in [0.25, 0.3) is 0 Å². The number of alkyl halides is 3. The normalized spacial score (nSPS) is 15.6. The van der Waals surface area contributed by atoms with Gasteiger partial charge in [0, 0.05) is 18.5 Å². The number of rotatable bonds is 6. The molecule has 0 N–H and O–H groups in total. The van der Waals surface area contributed by atoms with Gasteiger partial charge in [-0.05, 0) is 42.3 Å². The highest BCUT2D eigenvalue weighted by atomic mass is 19.4. The number of hydrogen-bond donors (Lipinski definition) is 0. The number of halogens is 4. The molecule has 1 atom stereocenters. The van der Waals surface area contributed by atoms with Crippen molar-refractivity contribution in [2.45, 2.75) is 32.2 Å². The molecule has 176 valence electrons. The molecule has 1 heterocycles. The van der Waals surface area contributed by atoms with E-state index in [-0.39, 0.29) is 18.7 Å². The summed E-state index contributed by atoms with van der Waals surface area (Å²) in [6.45, 7) is 2.04. The molecule has 0 bridgehead atoms. The number of benzene rings is 3. The van der Waals surface area contributed by atoms with Crippen molar-refractivity contribution in [3.63, 3.8) is 0 Å². The number of nitrogens with zero attached hydrogens (tertiary/aromatic N) is 2. The molecule has 4 nitrogen and oxygen atoms in total. The Labute approximate surface area is 194 Å². The summed E-state index contributed by atoms with van der Waals surface area (Å²) in [7, 11) is 0. The van der Waals surface area contributed by atoms with Crippen LogP contribution in [0.5, 0.6) is 0 Å². The topological polar surface area (TPSA) is 41.9 Å². The van der Waals surface area contributed by atoms with Crippen LogP contribution in [0, 0.1) is 12.7 Å². The van der Waals surface area contributed by atoms with E-state index in [0.29, 0.717) is 12.0 Å². The maximum absolute atomic E-state index is 14.3. The fraction of sp³-hybridized carbons (Fsp3) is 0.231. The van der Waals surface area contributed by atoms with Gasteiger partial charge in [0.25, 0.3) is 5.91 Å². The highest BCUT2D eigenvalue weighted by Crippen LogP contribution is 2.29. The lowest BCUT2D eigenvalue weighted by Gasteiger charge is -2.25. The van der Waals surface area contributed by atoms with Gasteiger partial charge >= 0.3 is 6.18 Å². The van der Waals surface area contributed by atoms with Crippen LogP contribution in [0.15, 0.2) is 78.0 Å². The van der Waals surface area contributed by atoms with Crippen molar-refractivity contribution in [3.8, 4) is 0 Å². The fourth-order valence-electron chi connectivity index (χ4n) is 3.87. The standard InChI is InChI=1S/C26H22F4N2O2/c1-17-6-2-3-7-21(17)24-14-20(34-31-24)16-32(25(33)22-8-4-5-9-23(22)27)15-18-10-12-19(13-11-18)26(28,29)30/h2-13,20H,14-16H2,1H3/t20-/m0/s1. The second-order valence-corrected chi connectivity index (χ2v) is 8.14. The maximum atomic E-state index is 14.3. The van der Waals surface area contributed by atoms with E-state index in [9.17, 15) is 22.4 Å². The van der Waals surface area contributed by atoms with Gasteiger partial charge in [-0.1, -0.05) is 53.7 Å². The molecule has 8 heteroatoms. The minimum atomic E-state index is -4.46. The minimum absolute atomic E-state index is 0.00906. The van der Waals surface area contributed by atoms with Gasteiger partial charge in [-0.3, -0.25) is 4.79 Å². The maximum Gasteiger partial charge on any atom is 0.416 e. The molecule has 0 fully saturated rings. The van der Waals surface area contributed by atoms with Crippen molar-refractivity contribution in [2.75, 3.05) is 6.54 Å². The quantitative estimate of drug-likeness (QED) is 0.416. The highest BCUT2D eigenvalue weighted by Gasteiger charge is 2.31. The van der Waals surface area contributed by atoms with Gasteiger partial charge < -0.3 is 9.74 Å². The second kappa shape index (κ2) is 9.67. The Morgan fingerprint density at radius 1 is 1.03 bits per heavy atom. The first kappa shape index (κ1) is 23.5. The third kappa shape index (κ3) is 5.27. The van der Waals surface area contributed by atoms with Crippen LogP contribution in [0.1, 0.15) is 39.0 Å². The van der Waals surface area contributed by atoms with Gasteiger partial charge in [0.15, 0.2) is 6.10 Å². The number of oxime groups is 1. The van der Waals surface area contributed by atoms with Crippen molar-refractivity contribution in [1.82, 2.24) is 4.90 Å². The zero-order valence-electron chi connectivity index (χ0n) is 18.3. The summed E-state index contributed by atoms with van der Waals surface area (Å²) in [5.74, 6) is -1.25. The van der Waals surface area contributed by atoms with Crippen LogP contribution in [0.2, 0.25) is 0 Å². The molecule has 0 spiro atoms. The average Bonchev–Trinajstić information content (AvgIpc) is 3.27. The molecule has 3 aromatic rings. The van der Waals surface area contributed by atoms with Gasteiger partial charge in [-0.25, -0.2) is 4.39 Å². The molecule has 34 heavy (non-hydrogen) atoms. The molecule has 1 aliphatic rings. The summed E-state index contributed by atoms with van der Waals surface area (Å²) >= 11 is 0. The first-order valence-electron chi connectivity index (χ1n) is 10.7. The lowest BCUT2D eigenvalue weighted by Crippen LogP contribution is -2.37. The Morgan fingerprint density at radius 3 is 2.38 bits per heavy atom. The van der Waals surface area contributed by atoms with Gasteiger partial charge in [0.2, 0.25) is 0 Å². The molecule has 3 aromatic carbocycles. The highest BCUT2D eigenvalue weighted by molar-refractivity contribution is 6.02. The molecule has 0 aromatic heterocycles. The molecular weight excluding hydrogens is 448 g/mol. The third-order valence-corrected chi connectivity index (χ3v) is 5.66. The number of amides is 1. The summed E-state index contributed by atoms with van der Waals surface area (Å²) in [6, 6.07) is 17.9. The first-order valence-corrected chi connectivity index (χ1v) is 10.7. The summed E-state index contributed by atoms with van der Waals surface area (Å²) < 4.78 is 53.1. The molecule has 0 radical (unpaired) electrons. The smallest absolute Gasteiger partial charge is 0.390 e. The average molecular weight is 470 g/mol. The largest absolute Gasteiger partial charge is 0.416 e. The van der Waals surface area contributed by atoms with E-state index in [4.69, 9.17) is 4.84 Å². The number of carbonyl (C=O) groups is 1. The van der Waals surface area contributed by atoms with Gasteiger partial charge in [0.05, 0.1) is 23.4 Å². The Bertz CT molecular complexity index is 1210. The third-order valence-electron chi connectivity index (χ3n) is 5.66. The molecule has 0 saturated heterocycles. The fourth-order valence-corrected chi connectivity index (χ4v) is 3.87. The van der Waals surface area contributed by atoms with Crippen molar-refractivity contribution in [3.05, 3.63) is 106 Å². The Morgan fingerprint density at radius 2 is 1.71 bits per heavy atom. The Balaban J connectivity index is 1.54. The molecule has 1 amide bonds. The zero-order valence-corrected chi connectivity index (χ0v) is 18.3. The van der Waals surface area contributed by atoms with Gasteiger partial charge in [-0.2, -0.15) is 13.2 Å². The van der Waals surface area contributed by atoms with E-state index in [1.807, 2.05) is 31.2 Å². The van der Waals surface area contributed by atoms with Crippen LogP contribution >= 0.6 is 0 Å². The van der Waals surface area contributed by atoms with Crippen LogP contribution < -0.4 is 0 Å². The SMILES string of the molecule is Cc1ccccc1C1=NO[C@H](CN(Cc2ccc(C(F)(F)F)cc2)C(=O)c2ccccc2F)C1. The van der Waals surface area contributed by atoms with Gasteiger partial charge in [-0.15, -0.1) is 0 Å². The van der Waals surface area contributed by atoms with Crippen LogP contribution in [0.3, 0.4) is 0 Å². The van der Waals surface area contributed by atoms with E-state index in [1.165, 1.54) is 35.2 Å². The first-order chi connectivity index (χ1) is 16.2. The van der Waals surface area contributed by atoms with Crippen molar-refractivity contribution in [1.29, 1.82) is 0 Å². The van der Waals surface area contributed by atoms with Crippen molar-refractivity contribution >= 4 is 11.6 Å². The molecular formula is C26H22F4N2O2. The predicted molar refractivity (Wildman–Crippen MR) is 120 cm³/mol. The predicted octanol–water partition coefficient (Wildman–Crippen LogP) is 5.99. The van der Waals surface area contributed by atoms with Crippen LogP contribution in [0.4, 0.5) is 17.6 Å². The van der Waals surface area contributed by atoms with E-state index in [0.717, 1.165) is 29.0 Å². The van der Waals surface area contributed by atoms with E-state index >= 15 is 0 Å². The van der Waals surface area contributed by atoms with Crippen LogP contribution in [-0.4, -0.2) is 29.2 Å². The van der Waals surface area contributed by atoms with E-state index in [1.54, 1.807) is 6.07 Å². The second-order valence-electron chi connectivity index (χ2n) is 8.14. The minimum Gasteiger partial charge on any atom is -0.390 e. The summed E-state index contributed by atoms with van der Waals surface area (Å²) in [5, 5.41) is 4.18. The van der Waals surface area contributed by atoms with E-state index in [2.05, 4.69) is 5.16 Å². The monoisotopic (exact) mass is 470 g/mol. The Hall–Kier alpha value is -3.68. The zero-order chi connectivity index (χ0) is 24.3. The van der Waals surface area contributed by atoms with Crippen LogP contribution in [-0.2, 0) is 17.6 Å². The summed E-state index contributed by atoms with van der Waals surface area (Å²) in [4.78, 5) is 20.2. The number of carbonyl (C=O) groups excluding carboxylic acids is 1. The molecule has 1 aliphatic heterocycles. The number of aryl methyl sites for hydroxylation is 1. The lowest BCUT2D eigenvalue weighted by molar-refractivity contribution is -0.137. The molecule has 0 aliphatic carbocycles. The summed E-state index contributed by atoms with van der Waals surface area (Å²) in [5.41, 5.74) is 2.31. The summed E-state index contributed by atoms with van der Waals surface area (Å²) in [6.07, 6.45) is -4.49. The molecule has 0 saturated carbocycles. The molecule has 0 unspecified atom stereocenters. The molecule has 4 rings (SSSR count). The van der Waals surface area contributed by atoms with Crippen molar-refractivity contribution in [2.24, 2.45) is 5.16 Å². The Kier molecular flexibility index (Phi) is 6.68. The van der Waals surface area contributed by atoms with Gasteiger partial charge in [0.1, 0.15) is 5.82 Å². The lowest BCUT2D eigenvalue weighted by atomic mass is 10.00. The van der Waals surface area contributed by atoms with E-state index < -0.39 is 29.6 Å². The van der Waals surface area contributed by atoms with Crippen molar-refractivity contribution < 1.29 is 27.2 Å².